The first-order chi connectivity index (χ1) is 11.5. The zero-order valence-corrected chi connectivity index (χ0v) is 14.9. The molecular weight excluding hydrogens is 324 g/mol. The van der Waals surface area contributed by atoms with Gasteiger partial charge in [0, 0.05) is 37.0 Å². The van der Waals surface area contributed by atoms with Gasteiger partial charge >= 0.3 is 0 Å². The molecule has 2 aromatic rings. The average molecular weight is 348 g/mol. The number of aromatic nitrogens is 3. The van der Waals surface area contributed by atoms with Gasteiger partial charge in [-0.1, -0.05) is 12.8 Å². The Hall–Kier alpha value is -1.47. The highest BCUT2D eigenvalue weighted by Crippen LogP contribution is 2.32. The molecule has 0 aromatic carbocycles. The molecule has 2 aliphatic rings. The van der Waals surface area contributed by atoms with Gasteiger partial charge in [-0.2, -0.15) is 5.10 Å². The van der Waals surface area contributed by atoms with Crippen molar-refractivity contribution < 1.29 is 8.42 Å². The van der Waals surface area contributed by atoms with Crippen LogP contribution in [-0.2, 0) is 10.0 Å². The van der Waals surface area contributed by atoms with Gasteiger partial charge in [-0.25, -0.2) is 22.2 Å². The highest BCUT2D eigenvalue weighted by Gasteiger charge is 2.36. The fourth-order valence-corrected chi connectivity index (χ4v) is 6.11. The van der Waals surface area contributed by atoms with Crippen LogP contribution in [0.25, 0.3) is 5.65 Å². The number of sulfonamides is 1. The molecule has 4 rings (SSSR count). The topological polar surface area (TPSA) is 67.6 Å². The van der Waals surface area contributed by atoms with Crippen LogP contribution in [0, 0.1) is 6.92 Å². The van der Waals surface area contributed by atoms with E-state index in [1.54, 1.807) is 8.82 Å². The molecule has 130 valence electrons. The molecular formula is C17H24N4O2S. The molecule has 1 saturated heterocycles. The molecule has 0 spiro atoms. The molecule has 0 unspecified atom stereocenters. The lowest BCUT2D eigenvalue weighted by Crippen LogP contribution is -2.42. The first-order valence-corrected chi connectivity index (χ1v) is 10.4. The maximum atomic E-state index is 12.7. The van der Waals surface area contributed by atoms with E-state index in [1.807, 2.05) is 25.3 Å². The van der Waals surface area contributed by atoms with Crippen LogP contribution in [0.5, 0.6) is 0 Å². The van der Waals surface area contributed by atoms with Gasteiger partial charge in [0.1, 0.15) is 0 Å². The molecule has 1 aliphatic heterocycles. The van der Waals surface area contributed by atoms with Crippen molar-refractivity contribution in [2.75, 3.05) is 13.1 Å². The summed E-state index contributed by atoms with van der Waals surface area (Å²) in [4.78, 5) is 4.72. The number of aryl methyl sites for hydroxylation is 1. The van der Waals surface area contributed by atoms with E-state index in [0.29, 0.717) is 19.0 Å². The minimum absolute atomic E-state index is 0.140. The van der Waals surface area contributed by atoms with Crippen LogP contribution in [0.2, 0.25) is 0 Å². The third kappa shape index (κ3) is 2.84. The lowest BCUT2D eigenvalue weighted by atomic mass is 9.94. The summed E-state index contributed by atoms with van der Waals surface area (Å²) in [5, 5.41) is 4.21. The maximum Gasteiger partial charge on any atom is 0.216 e. The van der Waals surface area contributed by atoms with Crippen LogP contribution >= 0.6 is 0 Å². The Morgan fingerprint density at radius 3 is 2.54 bits per heavy atom. The number of rotatable bonds is 3. The Labute approximate surface area is 142 Å². The molecule has 0 bridgehead atoms. The first-order valence-electron chi connectivity index (χ1n) is 8.86. The lowest BCUT2D eigenvalue weighted by Gasteiger charge is -2.32. The van der Waals surface area contributed by atoms with Crippen molar-refractivity contribution in [3.8, 4) is 0 Å². The Morgan fingerprint density at radius 1 is 1.12 bits per heavy atom. The molecule has 0 amide bonds. The monoisotopic (exact) mass is 348 g/mol. The van der Waals surface area contributed by atoms with Crippen molar-refractivity contribution in [3.63, 3.8) is 0 Å². The van der Waals surface area contributed by atoms with Crippen molar-refractivity contribution >= 4 is 15.7 Å². The molecule has 6 nitrogen and oxygen atoms in total. The van der Waals surface area contributed by atoms with Gasteiger partial charge in [-0.15, -0.1) is 0 Å². The van der Waals surface area contributed by atoms with Gasteiger partial charge in [0.05, 0.1) is 10.9 Å². The number of fused-ring (bicyclic) bond motifs is 1. The Kier molecular flexibility index (Phi) is 4.08. The van der Waals surface area contributed by atoms with Crippen molar-refractivity contribution in [3.05, 3.63) is 29.7 Å². The lowest BCUT2D eigenvalue weighted by molar-refractivity contribution is 0.313. The van der Waals surface area contributed by atoms with Crippen molar-refractivity contribution in [1.29, 1.82) is 0 Å². The van der Waals surface area contributed by atoms with Crippen LogP contribution in [0.3, 0.4) is 0 Å². The van der Waals surface area contributed by atoms with Gasteiger partial charge in [0.15, 0.2) is 5.65 Å². The summed E-state index contributed by atoms with van der Waals surface area (Å²) < 4.78 is 28.9. The summed E-state index contributed by atoms with van der Waals surface area (Å²) in [6.07, 6.45) is 7.42. The Bertz CT molecular complexity index is 831. The van der Waals surface area contributed by atoms with Gasteiger partial charge in [-0.05, 0) is 38.7 Å². The van der Waals surface area contributed by atoms with Crippen LogP contribution in [0.4, 0.5) is 0 Å². The highest BCUT2D eigenvalue weighted by molar-refractivity contribution is 7.89. The van der Waals surface area contributed by atoms with Crippen LogP contribution < -0.4 is 0 Å². The van der Waals surface area contributed by atoms with Gasteiger partial charge in [0.2, 0.25) is 10.0 Å². The summed E-state index contributed by atoms with van der Waals surface area (Å²) >= 11 is 0. The van der Waals surface area contributed by atoms with E-state index in [1.165, 1.54) is 0 Å². The second-order valence-corrected chi connectivity index (χ2v) is 9.28. The smallest absolute Gasteiger partial charge is 0.216 e. The molecule has 2 aromatic heterocycles. The molecule has 0 N–H and O–H groups in total. The quantitative estimate of drug-likeness (QED) is 0.855. The third-order valence-electron chi connectivity index (χ3n) is 5.42. The summed E-state index contributed by atoms with van der Waals surface area (Å²) in [6, 6.07) is 3.99. The van der Waals surface area contributed by atoms with Crippen molar-refractivity contribution in [1.82, 2.24) is 18.9 Å². The van der Waals surface area contributed by atoms with E-state index >= 15 is 0 Å². The van der Waals surface area contributed by atoms with E-state index in [2.05, 4.69) is 5.10 Å². The second kappa shape index (κ2) is 6.11. The predicted molar refractivity (Wildman–Crippen MR) is 92.4 cm³/mol. The molecule has 2 fully saturated rings. The Balaban J connectivity index is 1.46. The normalized spacial score (nSPS) is 21.7. The fraction of sp³-hybridized carbons (Fsp3) is 0.647. The summed E-state index contributed by atoms with van der Waals surface area (Å²) in [7, 11) is -3.10. The Morgan fingerprint density at radius 2 is 1.83 bits per heavy atom. The standard InChI is InChI=1S/C17H24N4O2S/c1-13-12-17-18-16(8-11-21(17)19-13)14-6-9-20(10-7-14)24(22,23)15-4-2-3-5-15/h8,11-12,14-15H,2-7,9-10H2,1H3. The van der Waals surface area contributed by atoms with Gasteiger partial charge in [-0.3, -0.25) is 0 Å². The zero-order chi connectivity index (χ0) is 16.7. The van der Waals surface area contributed by atoms with E-state index in [-0.39, 0.29) is 5.25 Å². The van der Waals surface area contributed by atoms with Crippen molar-refractivity contribution in [2.24, 2.45) is 0 Å². The minimum Gasteiger partial charge on any atom is -0.233 e. The number of nitrogens with zero attached hydrogens (tertiary/aromatic N) is 4. The molecule has 1 saturated carbocycles. The number of hydrogen-bond acceptors (Lipinski definition) is 4. The van der Waals surface area contributed by atoms with E-state index in [4.69, 9.17) is 4.98 Å². The van der Waals surface area contributed by atoms with Crippen molar-refractivity contribution in [2.45, 2.75) is 56.6 Å². The summed E-state index contributed by atoms with van der Waals surface area (Å²) in [6.45, 7) is 3.20. The number of hydrogen-bond donors (Lipinski definition) is 0. The van der Waals surface area contributed by atoms with Crippen LogP contribution in [0.15, 0.2) is 18.3 Å². The second-order valence-electron chi connectivity index (χ2n) is 7.07. The first kappa shape index (κ1) is 16.0. The summed E-state index contributed by atoms with van der Waals surface area (Å²) in [5.41, 5.74) is 2.88. The minimum atomic E-state index is -3.10. The molecule has 0 atom stereocenters. The number of piperidine rings is 1. The van der Waals surface area contributed by atoms with Crippen LogP contribution in [0.1, 0.15) is 55.8 Å². The van der Waals surface area contributed by atoms with E-state index < -0.39 is 10.0 Å². The maximum absolute atomic E-state index is 12.7. The zero-order valence-electron chi connectivity index (χ0n) is 14.1. The molecule has 1 aliphatic carbocycles. The van der Waals surface area contributed by atoms with Crippen LogP contribution in [-0.4, -0.2) is 45.7 Å². The molecule has 7 heteroatoms. The largest absolute Gasteiger partial charge is 0.233 e. The molecule has 24 heavy (non-hydrogen) atoms. The van der Waals surface area contributed by atoms with Gasteiger partial charge < -0.3 is 0 Å². The third-order valence-corrected chi connectivity index (χ3v) is 7.82. The SMILES string of the molecule is Cc1cc2nc(C3CCN(S(=O)(=O)C4CCCC4)CC3)ccn2n1. The van der Waals surface area contributed by atoms with E-state index in [9.17, 15) is 8.42 Å². The summed E-state index contributed by atoms with van der Waals surface area (Å²) in [5.74, 6) is 0.334. The molecule has 0 radical (unpaired) electrons. The van der Waals surface area contributed by atoms with E-state index in [0.717, 1.165) is 55.6 Å². The fourth-order valence-electron chi connectivity index (χ4n) is 4.04. The average Bonchev–Trinajstić information content (AvgIpc) is 3.23. The predicted octanol–water partition coefficient (Wildman–Crippen LogP) is 2.49. The molecule has 3 heterocycles. The van der Waals surface area contributed by atoms with Gasteiger partial charge in [0.25, 0.3) is 0 Å². The highest BCUT2D eigenvalue weighted by atomic mass is 32.2.